The fourth-order valence-electron chi connectivity index (χ4n) is 3.34. The summed E-state index contributed by atoms with van der Waals surface area (Å²) in [6, 6.07) is 12.6. The summed E-state index contributed by atoms with van der Waals surface area (Å²) in [6.07, 6.45) is 5.58. The molecule has 3 aromatic rings. The van der Waals surface area contributed by atoms with Crippen molar-refractivity contribution in [1.82, 2.24) is 9.29 Å². The second kappa shape index (κ2) is 9.28. The highest BCUT2D eigenvalue weighted by Gasteiger charge is 2.26. The first-order valence-electron chi connectivity index (χ1n) is 10.0. The third-order valence-electron chi connectivity index (χ3n) is 5.05. The number of hydrazone groups is 1. The Morgan fingerprint density at radius 3 is 2.47 bits per heavy atom. The fourth-order valence-corrected chi connectivity index (χ4v) is 4.80. The van der Waals surface area contributed by atoms with E-state index in [1.165, 1.54) is 34.9 Å². The van der Waals surface area contributed by atoms with Crippen LogP contribution in [0.15, 0.2) is 69.1 Å². The van der Waals surface area contributed by atoms with Crippen molar-refractivity contribution in [3.05, 3.63) is 70.6 Å². The summed E-state index contributed by atoms with van der Waals surface area (Å²) < 4.78 is 32.5. The van der Waals surface area contributed by atoms with Crippen LogP contribution in [-0.2, 0) is 10.0 Å². The molecule has 3 heterocycles. The van der Waals surface area contributed by atoms with E-state index in [2.05, 4.69) is 15.5 Å². The maximum Gasteiger partial charge on any atom is 0.269 e. The van der Waals surface area contributed by atoms with Gasteiger partial charge in [0.15, 0.2) is 0 Å². The van der Waals surface area contributed by atoms with Crippen LogP contribution >= 0.6 is 0 Å². The summed E-state index contributed by atoms with van der Waals surface area (Å²) in [6.45, 7) is 1.08. The number of nitrogens with zero attached hydrogens (tertiary/aromatic N) is 4. The molecule has 2 aromatic heterocycles. The fraction of sp³-hybridized carbons (Fsp3) is 0.238. The molecule has 10 nitrogen and oxygen atoms in total. The third kappa shape index (κ3) is 4.84. The number of benzene rings is 1. The van der Waals surface area contributed by atoms with E-state index in [9.17, 15) is 18.5 Å². The minimum absolute atomic E-state index is 0.00791. The van der Waals surface area contributed by atoms with E-state index in [-0.39, 0.29) is 10.6 Å². The van der Waals surface area contributed by atoms with Gasteiger partial charge in [0.25, 0.3) is 5.69 Å². The van der Waals surface area contributed by atoms with Crippen molar-refractivity contribution in [3.63, 3.8) is 0 Å². The van der Waals surface area contributed by atoms with Crippen molar-refractivity contribution < 1.29 is 17.8 Å². The van der Waals surface area contributed by atoms with Crippen LogP contribution in [0.25, 0.3) is 11.3 Å². The Bertz CT molecular complexity index is 1210. The van der Waals surface area contributed by atoms with Crippen LogP contribution < -0.4 is 5.43 Å². The van der Waals surface area contributed by atoms with Crippen molar-refractivity contribution in [1.29, 1.82) is 0 Å². The van der Waals surface area contributed by atoms with Crippen LogP contribution in [0.1, 0.15) is 25.0 Å². The zero-order chi connectivity index (χ0) is 22.6. The zero-order valence-corrected chi connectivity index (χ0v) is 17.9. The molecule has 32 heavy (non-hydrogen) atoms. The lowest BCUT2D eigenvalue weighted by molar-refractivity contribution is -0.384. The number of nitro benzene ring substituents is 1. The number of nitrogens with one attached hydrogen (secondary N) is 1. The number of non-ortho nitro benzene ring substituents is 1. The van der Waals surface area contributed by atoms with Gasteiger partial charge in [0.2, 0.25) is 10.0 Å². The Morgan fingerprint density at radius 2 is 1.81 bits per heavy atom. The number of pyridine rings is 1. The highest BCUT2D eigenvalue weighted by molar-refractivity contribution is 7.89. The van der Waals surface area contributed by atoms with E-state index in [0.29, 0.717) is 36.0 Å². The molecule has 0 atom stereocenters. The van der Waals surface area contributed by atoms with Gasteiger partial charge in [-0.15, -0.1) is 0 Å². The predicted molar refractivity (Wildman–Crippen MR) is 119 cm³/mol. The minimum atomic E-state index is -3.52. The lowest BCUT2D eigenvalue weighted by atomic mass is 10.1. The number of sulfonamides is 1. The van der Waals surface area contributed by atoms with Gasteiger partial charge < -0.3 is 4.42 Å². The number of hydrogen-bond acceptors (Lipinski definition) is 8. The SMILES string of the molecule is O=[N+]([O-])c1ccc(-c2ccc(/C=N/Nc3ccc(S(=O)(=O)N4CCCCC4)cn3)o2)cc1. The molecular formula is C21H21N5O5S. The zero-order valence-electron chi connectivity index (χ0n) is 17.0. The molecule has 166 valence electrons. The van der Waals surface area contributed by atoms with Crippen molar-refractivity contribution in [2.75, 3.05) is 18.5 Å². The topological polar surface area (TPSA) is 131 Å². The summed E-state index contributed by atoms with van der Waals surface area (Å²) in [5.41, 5.74) is 3.45. The van der Waals surface area contributed by atoms with Crippen molar-refractivity contribution in [2.24, 2.45) is 5.10 Å². The number of rotatable bonds is 7. The first-order valence-corrected chi connectivity index (χ1v) is 11.5. The minimum Gasteiger partial charge on any atom is -0.455 e. The van der Waals surface area contributed by atoms with E-state index < -0.39 is 14.9 Å². The molecule has 0 saturated carbocycles. The van der Waals surface area contributed by atoms with Crippen molar-refractivity contribution in [2.45, 2.75) is 24.2 Å². The summed E-state index contributed by atoms with van der Waals surface area (Å²) in [5.74, 6) is 1.41. The van der Waals surface area contributed by atoms with Gasteiger partial charge in [-0.1, -0.05) is 6.42 Å². The molecule has 0 spiro atoms. The maximum atomic E-state index is 12.7. The first-order chi connectivity index (χ1) is 15.4. The third-order valence-corrected chi connectivity index (χ3v) is 6.93. The first kappa shape index (κ1) is 21.7. The van der Waals surface area contributed by atoms with Gasteiger partial charge >= 0.3 is 0 Å². The van der Waals surface area contributed by atoms with E-state index in [4.69, 9.17) is 4.42 Å². The highest BCUT2D eigenvalue weighted by atomic mass is 32.2. The van der Waals surface area contributed by atoms with Crippen molar-refractivity contribution in [3.8, 4) is 11.3 Å². The van der Waals surface area contributed by atoms with Gasteiger partial charge in [-0.3, -0.25) is 15.5 Å². The Hall–Kier alpha value is -3.57. The average molecular weight is 455 g/mol. The number of anilines is 1. The smallest absolute Gasteiger partial charge is 0.269 e. The van der Waals surface area contributed by atoms with Gasteiger partial charge in [-0.25, -0.2) is 13.4 Å². The normalized spacial score (nSPS) is 15.1. The number of furan rings is 1. The largest absolute Gasteiger partial charge is 0.455 e. The number of aromatic nitrogens is 1. The molecule has 1 aliphatic heterocycles. The Kier molecular flexibility index (Phi) is 6.28. The summed E-state index contributed by atoms with van der Waals surface area (Å²) in [4.78, 5) is 14.6. The van der Waals surface area contributed by atoms with Gasteiger partial charge in [0.1, 0.15) is 22.2 Å². The maximum absolute atomic E-state index is 12.7. The molecule has 0 unspecified atom stereocenters. The lowest BCUT2D eigenvalue weighted by Gasteiger charge is -2.25. The molecule has 0 bridgehead atoms. The summed E-state index contributed by atoms with van der Waals surface area (Å²) >= 11 is 0. The molecule has 1 aliphatic rings. The van der Waals surface area contributed by atoms with E-state index in [1.807, 2.05) is 0 Å². The second-order valence-corrected chi connectivity index (χ2v) is 9.16. The second-order valence-electron chi connectivity index (χ2n) is 7.22. The quantitative estimate of drug-likeness (QED) is 0.325. The average Bonchev–Trinajstić information content (AvgIpc) is 3.29. The van der Waals surface area contributed by atoms with Gasteiger partial charge in [-0.05, 0) is 49.2 Å². The summed E-state index contributed by atoms with van der Waals surface area (Å²) in [7, 11) is -3.52. The molecule has 1 N–H and O–H groups in total. The molecule has 11 heteroatoms. The predicted octanol–water partition coefficient (Wildman–Crippen LogP) is 3.87. The Morgan fingerprint density at radius 1 is 1.06 bits per heavy atom. The molecule has 0 aliphatic carbocycles. The molecule has 1 saturated heterocycles. The highest BCUT2D eigenvalue weighted by Crippen LogP contribution is 2.24. The molecule has 1 fully saturated rings. The molecule has 0 radical (unpaired) electrons. The number of piperidine rings is 1. The van der Waals surface area contributed by atoms with Crippen LogP contribution in [0.4, 0.5) is 11.5 Å². The molecular weight excluding hydrogens is 434 g/mol. The summed E-state index contributed by atoms with van der Waals surface area (Å²) in [5, 5.41) is 14.8. The van der Waals surface area contributed by atoms with Crippen molar-refractivity contribution >= 4 is 27.7 Å². The lowest BCUT2D eigenvalue weighted by Crippen LogP contribution is -2.35. The van der Waals surface area contributed by atoms with Crippen LogP contribution in [0.3, 0.4) is 0 Å². The number of nitro groups is 1. The van der Waals surface area contributed by atoms with Gasteiger partial charge in [0.05, 0.1) is 11.1 Å². The van der Waals surface area contributed by atoms with Crippen LogP contribution in [0.5, 0.6) is 0 Å². The van der Waals surface area contributed by atoms with E-state index >= 15 is 0 Å². The van der Waals surface area contributed by atoms with E-state index in [1.54, 1.807) is 30.3 Å². The molecule has 0 amide bonds. The van der Waals surface area contributed by atoms with Crippen LogP contribution in [-0.4, -0.2) is 41.9 Å². The number of hydrogen-bond donors (Lipinski definition) is 1. The van der Waals surface area contributed by atoms with Crippen LogP contribution in [0, 0.1) is 10.1 Å². The van der Waals surface area contributed by atoms with E-state index in [0.717, 1.165) is 19.3 Å². The standard InChI is InChI=1S/C21H21N5O5S/c27-26(28)17-6-4-16(5-7-17)20-10-8-18(31-20)14-23-24-21-11-9-19(15-22-21)32(29,30)25-12-2-1-3-13-25/h4-11,14-15H,1-3,12-13H2,(H,22,24)/b23-14+. The van der Waals surface area contributed by atoms with Gasteiger partial charge in [0, 0.05) is 37.0 Å². The monoisotopic (exact) mass is 455 g/mol. The van der Waals surface area contributed by atoms with Crippen LogP contribution in [0.2, 0.25) is 0 Å². The Balaban J connectivity index is 1.38. The molecule has 4 rings (SSSR count). The Labute approximate surface area is 184 Å². The molecule has 1 aromatic carbocycles. The van der Waals surface area contributed by atoms with Gasteiger partial charge in [-0.2, -0.15) is 9.41 Å².